The number of ketones is 1. The van der Waals surface area contributed by atoms with Gasteiger partial charge in [0, 0.05) is 20.8 Å². The zero-order valence-corrected chi connectivity index (χ0v) is 20.8. The SMILES string of the molecule is COP(=O)(OC)C(OC/C=C\Cn1cnc2c(Cl)nc(NC(=O)OC(C)(C)C)nc21)C(C)=O. The summed E-state index contributed by atoms with van der Waals surface area (Å²) >= 11 is 6.17. The third-order valence-corrected chi connectivity index (χ3v) is 6.37. The molecule has 0 aromatic carbocycles. The van der Waals surface area contributed by atoms with Crippen molar-refractivity contribution in [1.82, 2.24) is 19.5 Å². The largest absolute Gasteiger partial charge is 0.444 e. The molecule has 0 fully saturated rings. The number of nitrogens with one attached hydrogen (secondary N) is 1. The summed E-state index contributed by atoms with van der Waals surface area (Å²) in [6.45, 7) is 6.73. The molecular weight excluding hydrogens is 477 g/mol. The Balaban J connectivity index is 2.09. The summed E-state index contributed by atoms with van der Waals surface area (Å²) < 4.78 is 34.3. The van der Waals surface area contributed by atoms with Gasteiger partial charge in [-0.05, 0) is 27.7 Å². The number of halogens is 1. The lowest BCUT2D eigenvalue weighted by Gasteiger charge is -2.21. The van der Waals surface area contributed by atoms with Gasteiger partial charge in [0.15, 0.2) is 16.6 Å². The maximum absolute atomic E-state index is 12.4. The van der Waals surface area contributed by atoms with Gasteiger partial charge in [-0.3, -0.25) is 14.7 Å². The number of anilines is 1. The number of aromatic nitrogens is 4. The molecule has 182 valence electrons. The van der Waals surface area contributed by atoms with E-state index in [0.717, 1.165) is 0 Å². The second-order valence-electron chi connectivity index (χ2n) is 7.71. The number of ether oxygens (including phenoxy) is 2. The molecule has 0 spiro atoms. The molecule has 1 N–H and O–H groups in total. The standard InChI is InChI=1S/C19H27ClN5O7P/c1-12(26)16(33(28,29-5)30-6)31-10-8-7-9-25-11-21-13-14(20)22-17(23-15(13)25)24-18(27)32-19(2,3)4/h7-8,11,16H,9-10H2,1-6H3,(H,22,23,24,27)/b8-7-. The highest BCUT2D eigenvalue weighted by molar-refractivity contribution is 7.55. The summed E-state index contributed by atoms with van der Waals surface area (Å²) in [7, 11) is -1.34. The van der Waals surface area contributed by atoms with Gasteiger partial charge < -0.3 is 23.1 Å². The van der Waals surface area contributed by atoms with Gasteiger partial charge in [-0.15, -0.1) is 0 Å². The van der Waals surface area contributed by atoms with Crippen LogP contribution in [0.3, 0.4) is 0 Å². The Morgan fingerprint density at radius 2 is 1.91 bits per heavy atom. The number of carbonyl (C=O) groups is 2. The number of fused-ring (bicyclic) bond motifs is 1. The smallest absolute Gasteiger partial charge is 0.414 e. The number of allylic oxidation sites excluding steroid dienone is 1. The fourth-order valence-electron chi connectivity index (χ4n) is 2.59. The van der Waals surface area contributed by atoms with Gasteiger partial charge in [-0.2, -0.15) is 9.97 Å². The van der Waals surface area contributed by atoms with Crippen molar-refractivity contribution in [2.45, 2.75) is 45.7 Å². The predicted octanol–water partition coefficient (Wildman–Crippen LogP) is 3.80. The Bertz CT molecular complexity index is 1070. The number of nitrogens with zero attached hydrogens (tertiary/aromatic N) is 4. The zero-order valence-electron chi connectivity index (χ0n) is 19.2. The summed E-state index contributed by atoms with van der Waals surface area (Å²) in [4.78, 5) is 36.2. The molecule has 2 heterocycles. The molecule has 0 radical (unpaired) electrons. The van der Waals surface area contributed by atoms with Crippen LogP contribution < -0.4 is 5.32 Å². The van der Waals surface area contributed by atoms with Gasteiger partial charge in [0.2, 0.25) is 11.8 Å². The number of imidazole rings is 1. The molecule has 0 aliphatic carbocycles. The van der Waals surface area contributed by atoms with E-state index in [1.165, 1.54) is 27.5 Å². The van der Waals surface area contributed by atoms with E-state index in [0.29, 0.717) is 17.7 Å². The first-order valence-electron chi connectivity index (χ1n) is 9.77. The maximum atomic E-state index is 12.4. The van der Waals surface area contributed by atoms with Crippen LogP contribution >= 0.6 is 19.2 Å². The third kappa shape index (κ3) is 7.31. The van der Waals surface area contributed by atoms with Crippen molar-refractivity contribution in [1.29, 1.82) is 0 Å². The van der Waals surface area contributed by atoms with E-state index in [1.807, 2.05) is 0 Å². The van der Waals surface area contributed by atoms with Gasteiger partial charge in [0.1, 0.15) is 11.1 Å². The Labute approximate surface area is 196 Å². The van der Waals surface area contributed by atoms with Crippen LogP contribution in [0.1, 0.15) is 27.7 Å². The van der Waals surface area contributed by atoms with Crippen LogP contribution in [0.2, 0.25) is 5.15 Å². The Morgan fingerprint density at radius 3 is 2.48 bits per heavy atom. The molecule has 12 nitrogen and oxygen atoms in total. The summed E-state index contributed by atoms with van der Waals surface area (Å²) in [6.07, 6.45) is 4.14. The molecule has 0 saturated heterocycles. The molecule has 0 saturated carbocycles. The lowest BCUT2D eigenvalue weighted by Crippen LogP contribution is -2.27. The molecule has 1 atom stereocenters. The van der Waals surface area contributed by atoms with Crippen molar-refractivity contribution in [3.8, 4) is 0 Å². The van der Waals surface area contributed by atoms with E-state index < -0.39 is 30.9 Å². The minimum Gasteiger partial charge on any atom is -0.444 e. The van der Waals surface area contributed by atoms with Crippen LogP contribution in [0.25, 0.3) is 11.2 Å². The molecule has 0 bridgehead atoms. The maximum Gasteiger partial charge on any atom is 0.414 e. The van der Waals surface area contributed by atoms with Gasteiger partial charge in [-0.1, -0.05) is 23.8 Å². The van der Waals surface area contributed by atoms with Gasteiger partial charge in [-0.25, -0.2) is 9.78 Å². The molecule has 2 aromatic rings. The molecule has 2 aromatic heterocycles. The van der Waals surface area contributed by atoms with Gasteiger partial charge in [0.25, 0.3) is 0 Å². The van der Waals surface area contributed by atoms with Gasteiger partial charge in [0.05, 0.1) is 12.9 Å². The van der Waals surface area contributed by atoms with E-state index in [4.69, 9.17) is 30.1 Å². The number of hydrogen-bond acceptors (Lipinski definition) is 10. The van der Waals surface area contributed by atoms with Crippen molar-refractivity contribution < 1.29 is 32.7 Å². The van der Waals surface area contributed by atoms with Crippen molar-refractivity contribution in [3.63, 3.8) is 0 Å². The Kier molecular flexibility index (Phi) is 9.10. The second kappa shape index (κ2) is 11.2. The summed E-state index contributed by atoms with van der Waals surface area (Å²) in [6, 6.07) is 0. The van der Waals surface area contributed by atoms with Crippen LogP contribution in [-0.2, 0) is 34.4 Å². The average molecular weight is 504 g/mol. The lowest BCUT2D eigenvalue weighted by atomic mass is 10.2. The summed E-state index contributed by atoms with van der Waals surface area (Å²) in [5.41, 5.74) is 0.0548. The molecule has 1 unspecified atom stereocenters. The molecule has 0 aliphatic rings. The highest BCUT2D eigenvalue weighted by Crippen LogP contribution is 2.52. The van der Waals surface area contributed by atoms with Gasteiger partial charge >= 0.3 is 13.7 Å². The predicted molar refractivity (Wildman–Crippen MR) is 121 cm³/mol. The highest BCUT2D eigenvalue weighted by atomic mass is 35.5. The quantitative estimate of drug-likeness (QED) is 0.288. The summed E-state index contributed by atoms with van der Waals surface area (Å²) in [5.74, 6) is -1.85. The molecule has 0 aliphatic heterocycles. The number of rotatable bonds is 10. The molecule has 1 amide bonds. The van der Waals surface area contributed by atoms with Crippen molar-refractivity contribution >= 4 is 48.2 Å². The third-order valence-electron chi connectivity index (χ3n) is 4.00. The first-order chi connectivity index (χ1) is 15.4. The van der Waals surface area contributed by atoms with Crippen LogP contribution in [0, 0.1) is 0 Å². The van der Waals surface area contributed by atoms with E-state index in [-0.39, 0.29) is 17.7 Å². The van der Waals surface area contributed by atoms with Crippen LogP contribution in [0.5, 0.6) is 0 Å². The fraction of sp³-hybridized carbons (Fsp3) is 0.526. The minimum atomic E-state index is -3.71. The molecule has 2 rings (SSSR count). The van der Waals surface area contributed by atoms with Crippen LogP contribution in [0.4, 0.5) is 10.7 Å². The topological polar surface area (TPSA) is 144 Å². The average Bonchev–Trinajstić information content (AvgIpc) is 3.11. The number of Topliss-reactive ketones (excluding diaryl/α,β-unsaturated/α-hetero) is 1. The molecule has 14 heteroatoms. The first-order valence-corrected chi connectivity index (χ1v) is 11.8. The summed E-state index contributed by atoms with van der Waals surface area (Å²) in [5, 5.41) is 2.51. The number of carbonyl (C=O) groups excluding carboxylic acids is 2. The number of amides is 1. The molecular formula is C19H27ClN5O7P. The Hall–Kier alpha value is -2.37. The van der Waals surface area contributed by atoms with Crippen molar-refractivity contribution in [2.24, 2.45) is 0 Å². The van der Waals surface area contributed by atoms with Crippen molar-refractivity contribution in [3.05, 3.63) is 23.6 Å². The van der Waals surface area contributed by atoms with Crippen LogP contribution in [0.15, 0.2) is 18.5 Å². The fourth-order valence-corrected chi connectivity index (χ4v) is 4.05. The monoisotopic (exact) mass is 503 g/mol. The van der Waals surface area contributed by atoms with Crippen molar-refractivity contribution in [2.75, 3.05) is 26.1 Å². The Morgan fingerprint density at radius 1 is 1.24 bits per heavy atom. The molecule has 33 heavy (non-hydrogen) atoms. The van der Waals surface area contributed by atoms with E-state index in [1.54, 1.807) is 37.5 Å². The lowest BCUT2D eigenvalue weighted by molar-refractivity contribution is -0.124. The second-order valence-corrected chi connectivity index (χ2v) is 10.3. The normalized spacial score (nSPS) is 13.4. The minimum absolute atomic E-state index is 0.0191. The number of hydrogen-bond donors (Lipinski definition) is 1. The first kappa shape index (κ1) is 26.9. The highest BCUT2D eigenvalue weighted by Gasteiger charge is 2.38. The van der Waals surface area contributed by atoms with E-state index in [9.17, 15) is 14.2 Å². The van der Waals surface area contributed by atoms with E-state index in [2.05, 4.69) is 20.3 Å². The van der Waals surface area contributed by atoms with E-state index >= 15 is 0 Å². The van der Waals surface area contributed by atoms with Crippen LogP contribution in [-0.4, -0.2) is 63.7 Å². The zero-order chi connectivity index (χ0) is 24.8.